The number of hydrogen-bond donors (Lipinski definition) is 2. The average Bonchev–Trinajstić information content (AvgIpc) is 1.25. The molecule has 0 fully saturated rings. The average molecular weight is 162 g/mol. The minimum atomic E-state index is -0.833. The van der Waals surface area contributed by atoms with Crippen LogP contribution in [0.25, 0.3) is 0 Å². The quantitative estimate of drug-likeness (QED) is 0.432. The molecule has 0 unspecified atom stereocenters. The van der Waals surface area contributed by atoms with Crippen LogP contribution in [0, 0.1) is 0 Å². The van der Waals surface area contributed by atoms with Crippen LogP contribution in [0.1, 0.15) is 13.8 Å². The van der Waals surface area contributed by atoms with Gasteiger partial charge in [0, 0.05) is 13.8 Å². The van der Waals surface area contributed by atoms with E-state index in [1.165, 1.54) is 0 Å². The second kappa shape index (κ2) is 16.0. The van der Waals surface area contributed by atoms with Crippen LogP contribution in [0.5, 0.6) is 0 Å². The Kier molecular flexibility index (Phi) is 35.9. The van der Waals surface area contributed by atoms with E-state index in [9.17, 15) is 0 Å². The molecule has 0 aromatic heterocycles. The van der Waals surface area contributed by atoms with Crippen molar-refractivity contribution in [2.75, 3.05) is 0 Å². The molecule has 10 heavy (non-hydrogen) atoms. The van der Waals surface area contributed by atoms with Gasteiger partial charge in [-0.15, -0.1) is 0 Å². The summed E-state index contributed by atoms with van der Waals surface area (Å²) in [5, 5.41) is 14.8. The van der Waals surface area contributed by atoms with Crippen molar-refractivity contribution in [1.29, 1.82) is 0 Å². The van der Waals surface area contributed by atoms with Gasteiger partial charge in [0.2, 0.25) is 0 Å². The molecule has 0 aliphatic rings. The molecule has 4 N–H and O–H groups in total. The van der Waals surface area contributed by atoms with Crippen molar-refractivity contribution in [1.82, 2.24) is 0 Å². The third-order valence-electron chi connectivity index (χ3n) is 0. The number of hydrogen-bond acceptors (Lipinski definition) is 2. The summed E-state index contributed by atoms with van der Waals surface area (Å²) >= 11 is 0. The van der Waals surface area contributed by atoms with Crippen LogP contribution in [0.15, 0.2) is 0 Å². The Morgan fingerprint density at radius 3 is 1.00 bits per heavy atom. The predicted octanol–water partition coefficient (Wildman–Crippen LogP) is -1.29. The van der Waals surface area contributed by atoms with Crippen molar-refractivity contribution in [3.05, 3.63) is 0 Å². The SMILES string of the molecule is CC(=O)O.CC(=O)O.O.[NaH]. The van der Waals surface area contributed by atoms with Gasteiger partial charge in [-0.3, -0.25) is 9.59 Å². The van der Waals surface area contributed by atoms with Crippen molar-refractivity contribution in [3.63, 3.8) is 0 Å². The van der Waals surface area contributed by atoms with Gasteiger partial charge in [0.25, 0.3) is 11.9 Å². The van der Waals surface area contributed by atoms with E-state index in [-0.39, 0.29) is 35.0 Å². The molecule has 0 aliphatic carbocycles. The van der Waals surface area contributed by atoms with E-state index in [2.05, 4.69) is 0 Å². The number of carboxylic acid groups (broad SMARTS) is 2. The van der Waals surface area contributed by atoms with E-state index >= 15 is 0 Å². The van der Waals surface area contributed by atoms with Crippen molar-refractivity contribution < 1.29 is 25.3 Å². The van der Waals surface area contributed by atoms with Crippen LogP contribution in [-0.2, 0) is 9.59 Å². The van der Waals surface area contributed by atoms with E-state index in [1.54, 1.807) is 0 Å². The van der Waals surface area contributed by atoms with Crippen molar-refractivity contribution in [2.45, 2.75) is 13.8 Å². The predicted molar refractivity (Wildman–Crippen MR) is 37.4 cm³/mol. The molecular formula is C4H11NaO5. The third-order valence-corrected chi connectivity index (χ3v) is 0. The Bertz CT molecular complexity index is 71.6. The molecule has 0 spiro atoms. The Labute approximate surface area is 80.6 Å². The van der Waals surface area contributed by atoms with Gasteiger partial charge in [-0.2, -0.15) is 0 Å². The Balaban J connectivity index is -0.0000000300. The first kappa shape index (κ1) is 22.5. The van der Waals surface area contributed by atoms with Crippen molar-refractivity contribution >= 4 is 41.5 Å². The maximum absolute atomic E-state index is 9.00. The van der Waals surface area contributed by atoms with Crippen molar-refractivity contribution in [2.24, 2.45) is 0 Å². The monoisotopic (exact) mass is 162 g/mol. The van der Waals surface area contributed by atoms with Gasteiger partial charge in [-0.25, -0.2) is 0 Å². The fourth-order valence-corrected chi connectivity index (χ4v) is 0. The molecule has 0 aromatic carbocycles. The Morgan fingerprint density at radius 1 is 1.00 bits per heavy atom. The third kappa shape index (κ3) is 37600. The zero-order chi connectivity index (χ0) is 7.15. The van der Waals surface area contributed by atoms with Crippen LogP contribution in [0.4, 0.5) is 0 Å². The second-order valence-corrected chi connectivity index (χ2v) is 1.04. The second-order valence-electron chi connectivity index (χ2n) is 1.04. The zero-order valence-corrected chi connectivity index (χ0v) is 5.21. The minimum absolute atomic E-state index is 0. The summed E-state index contributed by atoms with van der Waals surface area (Å²) in [6.07, 6.45) is 0. The van der Waals surface area contributed by atoms with Crippen LogP contribution in [0.2, 0.25) is 0 Å². The van der Waals surface area contributed by atoms with Gasteiger partial charge >= 0.3 is 29.6 Å². The molecule has 6 heteroatoms. The van der Waals surface area contributed by atoms with E-state index in [0.717, 1.165) is 13.8 Å². The van der Waals surface area contributed by atoms with Crippen LogP contribution in [-0.4, -0.2) is 57.2 Å². The fourth-order valence-electron chi connectivity index (χ4n) is 0. The molecule has 0 rings (SSSR count). The number of carbonyl (C=O) groups is 2. The molecule has 0 bridgehead atoms. The molecule has 0 heterocycles. The fraction of sp³-hybridized carbons (Fsp3) is 0.500. The number of aliphatic carboxylic acids is 2. The molecule has 0 amide bonds. The van der Waals surface area contributed by atoms with Crippen LogP contribution < -0.4 is 0 Å². The standard InChI is InChI=1S/2C2H4O2.Na.H2O.H/c2*1-2(3)4;;;/h2*1H3,(H,3,4);;1H2;. The van der Waals surface area contributed by atoms with E-state index in [4.69, 9.17) is 19.8 Å². The molecule has 0 atom stereocenters. The summed E-state index contributed by atoms with van der Waals surface area (Å²) in [5.41, 5.74) is 0. The van der Waals surface area contributed by atoms with Crippen molar-refractivity contribution in [3.8, 4) is 0 Å². The van der Waals surface area contributed by atoms with Gasteiger partial charge in [0.05, 0.1) is 0 Å². The summed E-state index contributed by atoms with van der Waals surface area (Å²) in [5.74, 6) is -1.67. The summed E-state index contributed by atoms with van der Waals surface area (Å²) in [7, 11) is 0. The van der Waals surface area contributed by atoms with Crippen LogP contribution in [0.3, 0.4) is 0 Å². The normalized spacial score (nSPS) is 5.00. The molecule has 0 aliphatic heterocycles. The topological polar surface area (TPSA) is 106 Å². The summed E-state index contributed by atoms with van der Waals surface area (Å²) in [6.45, 7) is 2.17. The molecule has 0 saturated carbocycles. The number of carboxylic acids is 2. The van der Waals surface area contributed by atoms with Gasteiger partial charge in [-0.05, 0) is 0 Å². The summed E-state index contributed by atoms with van der Waals surface area (Å²) < 4.78 is 0. The molecule has 0 saturated heterocycles. The first-order valence-electron chi connectivity index (χ1n) is 1.86. The van der Waals surface area contributed by atoms with Crippen LogP contribution >= 0.6 is 0 Å². The van der Waals surface area contributed by atoms with Gasteiger partial charge in [-0.1, -0.05) is 0 Å². The van der Waals surface area contributed by atoms with E-state index < -0.39 is 11.9 Å². The zero-order valence-electron chi connectivity index (χ0n) is 5.21. The van der Waals surface area contributed by atoms with E-state index in [1.807, 2.05) is 0 Å². The van der Waals surface area contributed by atoms with E-state index in [0.29, 0.717) is 0 Å². The molecule has 58 valence electrons. The number of rotatable bonds is 0. The molecule has 0 radical (unpaired) electrons. The van der Waals surface area contributed by atoms with Gasteiger partial charge in [0.1, 0.15) is 0 Å². The first-order valence-corrected chi connectivity index (χ1v) is 1.86. The first-order chi connectivity index (χ1) is 3.46. The summed E-state index contributed by atoms with van der Waals surface area (Å²) in [4.78, 5) is 18.0. The molecule has 0 aromatic rings. The Hall–Kier alpha value is -0.100. The maximum atomic E-state index is 9.00. The van der Waals surface area contributed by atoms with Gasteiger partial charge in [0.15, 0.2) is 0 Å². The Morgan fingerprint density at radius 2 is 1.00 bits per heavy atom. The molecule has 5 nitrogen and oxygen atoms in total. The molecular weight excluding hydrogens is 151 g/mol. The van der Waals surface area contributed by atoms with Gasteiger partial charge < -0.3 is 15.7 Å². The summed E-state index contributed by atoms with van der Waals surface area (Å²) in [6, 6.07) is 0.